The number of halogens is 2. The van der Waals surface area contributed by atoms with Crippen molar-refractivity contribution in [2.75, 3.05) is 32.1 Å². The Morgan fingerprint density at radius 3 is 2.75 bits per heavy atom. The highest BCUT2D eigenvalue weighted by Gasteiger charge is 2.27. The number of ether oxygens (including phenoxy) is 1. The van der Waals surface area contributed by atoms with Crippen molar-refractivity contribution in [1.29, 1.82) is 0 Å². The fourth-order valence-electron chi connectivity index (χ4n) is 7.32. The van der Waals surface area contributed by atoms with E-state index in [1.54, 1.807) is 31.5 Å². The van der Waals surface area contributed by atoms with Crippen molar-refractivity contribution in [3.8, 4) is 28.4 Å². The van der Waals surface area contributed by atoms with E-state index < -0.39 is 0 Å². The third-order valence-electron chi connectivity index (χ3n) is 10.2. The van der Waals surface area contributed by atoms with E-state index in [9.17, 15) is 9.59 Å². The minimum atomic E-state index is -0.372. The van der Waals surface area contributed by atoms with Gasteiger partial charge in [0.05, 0.1) is 45.6 Å². The summed E-state index contributed by atoms with van der Waals surface area (Å²) in [5, 5.41) is 15.3. The van der Waals surface area contributed by atoms with Gasteiger partial charge in [-0.2, -0.15) is 0 Å². The van der Waals surface area contributed by atoms with Crippen molar-refractivity contribution in [2.24, 2.45) is 7.05 Å². The second-order valence-electron chi connectivity index (χ2n) is 13.7. The van der Waals surface area contributed by atoms with Gasteiger partial charge in [-0.1, -0.05) is 58.7 Å². The topological polar surface area (TPSA) is 152 Å². The van der Waals surface area contributed by atoms with Crippen molar-refractivity contribution in [3.63, 3.8) is 0 Å². The molecule has 1 unspecified atom stereocenters. The van der Waals surface area contributed by atoms with E-state index in [0.717, 1.165) is 66.0 Å². The van der Waals surface area contributed by atoms with E-state index in [1.807, 2.05) is 54.1 Å². The Hall–Kier alpha value is -5.34. The SMILES string of the molecule is COc1nc(-c2ccnc(-c3cccc(NC(=O)c4nc5c(n4C)CCN(CCc4noc6ccccc46)C5)c3Cl)c2Cl)ccc1CNCC1CCC(=O)N1. The Morgan fingerprint density at radius 2 is 1.91 bits per heavy atom. The highest BCUT2D eigenvalue weighted by molar-refractivity contribution is 6.39. The van der Waals surface area contributed by atoms with Crippen LogP contribution >= 0.6 is 23.2 Å². The minimum Gasteiger partial charge on any atom is -0.481 e. The molecule has 13 nitrogen and oxygen atoms in total. The molecule has 55 heavy (non-hydrogen) atoms. The first kappa shape index (κ1) is 36.6. The number of imidazole rings is 1. The fraction of sp³-hybridized carbons (Fsp3) is 0.300. The summed E-state index contributed by atoms with van der Waals surface area (Å²) < 4.78 is 13.0. The lowest BCUT2D eigenvalue weighted by Gasteiger charge is -2.26. The number of para-hydroxylation sites is 1. The molecule has 1 atom stereocenters. The molecule has 2 amide bonds. The van der Waals surface area contributed by atoms with Gasteiger partial charge in [0, 0.05) is 99.0 Å². The molecule has 15 heteroatoms. The molecule has 0 aliphatic carbocycles. The van der Waals surface area contributed by atoms with Crippen LogP contribution in [0.4, 0.5) is 5.69 Å². The second-order valence-corrected chi connectivity index (χ2v) is 14.5. The van der Waals surface area contributed by atoms with Gasteiger partial charge in [-0.25, -0.2) is 9.97 Å². The van der Waals surface area contributed by atoms with Crippen LogP contribution in [-0.4, -0.2) is 74.2 Å². The largest absolute Gasteiger partial charge is 0.481 e. The molecule has 8 rings (SSSR count). The van der Waals surface area contributed by atoms with E-state index in [0.29, 0.717) is 76.0 Å². The number of anilines is 1. The molecule has 1 fully saturated rings. The maximum atomic E-state index is 13.7. The summed E-state index contributed by atoms with van der Waals surface area (Å²) in [6.45, 7) is 3.45. The van der Waals surface area contributed by atoms with Crippen molar-refractivity contribution >= 4 is 51.7 Å². The van der Waals surface area contributed by atoms with Crippen LogP contribution in [0.3, 0.4) is 0 Å². The number of carbonyl (C=O) groups excluding carboxylic acids is 2. The average Bonchev–Trinajstić information content (AvgIpc) is 3.91. The van der Waals surface area contributed by atoms with Gasteiger partial charge >= 0.3 is 0 Å². The zero-order chi connectivity index (χ0) is 38.1. The van der Waals surface area contributed by atoms with E-state index in [4.69, 9.17) is 42.4 Å². The van der Waals surface area contributed by atoms with E-state index in [1.165, 1.54) is 0 Å². The van der Waals surface area contributed by atoms with Crippen LogP contribution in [0.2, 0.25) is 10.0 Å². The highest BCUT2D eigenvalue weighted by Crippen LogP contribution is 2.40. The lowest BCUT2D eigenvalue weighted by Crippen LogP contribution is -2.35. The number of methoxy groups -OCH3 is 1. The van der Waals surface area contributed by atoms with Crippen molar-refractivity contribution in [1.82, 2.24) is 40.2 Å². The Labute approximate surface area is 327 Å². The normalized spacial score (nSPS) is 15.6. The van der Waals surface area contributed by atoms with Gasteiger partial charge in [0.25, 0.3) is 5.91 Å². The number of rotatable bonds is 12. The molecule has 3 N–H and O–H groups in total. The zero-order valence-corrected chi connectivity index (χ0v) is 31.9. The Balaban J connectivity index is 0.955. The smallest absolute Gasteiger partial charge is 0.291 e. The lowest BCUT2D eigenvalue weighted by molar-refractivity contribution is -0.119. The quantitative estimate of drug-likeness (QED) is 0.131. The summed E-state index contributed by atoms with van der Waals surface area (Å²) in [6.07, 6.45) is 4.54. The maximum absolute atomic E-state index is 13.7. The summed E-state index contributed by atoms with van der Waals surface area (Å²) in [4.78, 5) is 41.7. The number of hydrogen-bond acceptors (Lipinski definition) is 10. The van der Waals surface area contributed by atoms with Crippen molar-refractivity contribution in [3.05, 3.63) is 105 Å². The van der Waals surface area contributed by atoms with Crippen LogP contribution in [0.1, 0.15) is 46.1 Å². The predicted octanol–water partition coefficient (Wildman–Crippen LogP) is 6.22. The molecule has 282 valence electrons. The lowest BCUT2D eigenvalue weighted by atomic mass is 10.1. The summed E-state index contributed by atoms with van der Waals surface area (Å²) in [7, 11) is 3.44. The number of nitrogens with zero attached hydrogens (tertiary/aromatic N) is 6. The van der Waals surface area contributed by atoms with Crippen LogP contribution in [0.15, 0.2) is 71.4 Å². The summed E-state index contributed by atoms with van der Waals surface area (Å²) in [5.74, 6) is 0.477. The van der Waals surface area contributed by atoms with Gasteiger partial charge in [0.2, 0.25) is 11.8 Å². The molecule has 0 spiro atoms. The standard InChI is InChI=1S/C40H39Cl2N9O4/c1-50-32-16-19-51(18-15-29-25-6-3-4-9-33(25)55-49-29)22-31(32)46-38(50)39(53)47-30-8-5-7-27(35(30)41)37-36(42)26(14-17-44-37)28-12-10-23(40(48-28)54-2)20-43-21-24-11-13-34(52)45-24/h3-10,12,14,17,24,43H,11,13,15-16,18-22H2,1-2H3,(H,45,52)(H,47,53). The summed E-state index contributed by atoms with van der Waals surface area (Å²) in [6, 6.07) is 18.9. The van der Waals surface area contributed by atoms with Crippen LogP contribution in [0, 0.1) is 0 Å². The number of hydrogen-bond donors (Lipinski definition) is 3. The van der Waals surface area contributed by atoms with E-state index >= 15 is 0 Å². The first-order valence-electron chi connectivity index (χ1n) is 18.2. The van der Waals surface area contributed by atoms with Crippen LogP contribution in [-0.2, 0) is 37.8 Å². The molecule has 1 saturated heterocycles. The van der Waals surface area contributed by atoms with Gasteiger partial charge in [-0.15, -0.1) is 0 Å². The predicted molar refractivity (Wildman–Crippen MR) is 210 cm³/mol. The zero-order valence-electron chi connectivity index (χ0n) is 30.4. The molecule has 0 saturated carbocycles. The van der Waals surface area contributed by atoms with Gasteiger partial charge in [-0.3, -0.25) is 19.5 Å². The number of fused-ring (bicyclic) bond motifs is 2. The van der Waals surface area contributed by atoms with Crippen LogP contribution < -0.4 is 20.7 Å². The Kier molecular flexibility index (Phi) is 10.5. The molecule has 4 aromatic heterocycles. The monoisotopic (exact) mass is 779 g/mol. The molecule has 2 aliphatic heterocycles. The molecule has 6 aromatic rings. The minimum absolute atomic E-state index is 0.0857. The summed E-state index contributed by atoms with van der Waals surface area (Å²) >= 11 is 14.0. The average molecular weight is 781 g/mol. The number of carbonyl (C=O) groups is 2. The molecule has 0 bridgehead atoms. The molecule has 2 aliphatic rings. The van der Waals surface area contributed by atoms with E-state index in [2.05, 4.69) is 31.0 Å². The number of amides is 2. The second kappa shape index (κ2) is 15.8. The summed E-state index contributed by atoms with van der Waals surface area (Å²) in [5.41, 5.74) is 7.15. The van der Waals surface area contributed by atoms with Gasteiger partial charge in [0.15, 0.2) is 11.4 Å². The third kappa shape index (κ3) is 7.52. The number of pyridine rings is 2. The molecular weight excluding hydrogens is 741 g/mol. The van der Waals surface area contributed by atoms with Crippen LogP contribution in [0.5, 0.6) is 5.88 Å². The first-order valence-corrected chi connectivity index (χ1v) is 18.9. The van der Waals surface area contributed by atoms with Gasteiger partial charge < -0.3 is 29.8 Å². The molecule has 0 radical (unpaired) electrons. The number of benzene rings is 2. The van der Waals surface area contributed by atoms with Crippen molar-refractivity contribution < 1.29 is 18.8 Å². The molecule has 6 heterocycles. The number of aromatic nitrogens is 5. The fourth-order valence-corrected chi connectivity index (χ4v) is 7.89. The Bertz CT molecular complexity index is 2410. The maximum Gasteiger partial charge on any atom is 0.291 e. The van der Waals surface area contributed by atoms with Gasteiger partial charge in [-0.05, 0) is 36.8 Å². The highest BCUT2D eigenvalue weighted by atomic mass is 35.5. The van der Waals surface area contributed by atoms with Gasteiger partial charge in [0.1, 0.15) is 0 Å². The van der Waals surface area contributed by atoms with Crippen molar-refractivity contribution in [2.45, 2.75) is 44.8 Å². The molecular formula is C40H39Cl2N9O4. The first-order chi connectivity index (χ1) is 26.8. The molecule has 2 aromatic carbocycles. The number of nitrogens with one attached hydrogen (secondary N) is 3. The van der Waals surface area contributed by atoms with E-state index in [-0.39, 0.29) is 17.9 Å². The third-order valence-corrected chi connectivity index (χ3v) is 11.0. The van der Waals surface area contributed by atoms with Crippen LogP contribution in [0.25, 0.3) is 33.5 Å². The Morgan fingerprint density at radius 1 is 1.04 bits per heavy atom.